The van der Waals surface area contributed by atoms with E-state index in [2.05, 4.69) is 15.2 Å². The smallest absolute Gasteiger partial charge is 0.145 e. The van der Waals surface area contributed by atoms with Crippen LogP contribution in [0.3, 0.4) is 0 Å². The Morgan fingerprint density at radius 3 is 2.88 bits per heavy atom. The first-order valence-corrected chi connectivity index (χ1v) is 7.82. The van der Waals surface area contributed by atoms with Crippen LogP contribution in [0.4, 0.5) is 4.39 Å². The fourth-order valence-corrected chi connectivity index (χ4v) is 2.71. The highest BCUT2D eigenvalue weighted by atomic mass is 19.1. The summed E-state index contributed by atoms with van der Waals surface area (Å²) in [5.74, 6) is 0.412. The number of oxime groups is 1. The van der Waals surface area contributed by atoms with Gasteiger partial charge in [0.1, 0.15) is 49.2 Å². The number of halogens is 1. The van der Waals surface area contributed by atoms with Crippen molar-refractivity contribution in [1.29, 1.82) is 0 Å². The standard InChI is InChI=1S/C18H15FN4O2/c19-15-7-3-1-5-13(15)9-25-22-18-14-6-2-4-8-17(14)24-10-16(18)23-12-20-11-21-23/h1-8,11-12,16H,9-10H2/b22-18-. The van der Waals surface area contributed by atoms with Crippen molar-refractivity contribution in [2.75, 3.05) is 6.61 Å². The largest absolute Gasteiger partial charge is 0.490 e. The van der Waals surface area contributed by atoms with E-state index in [1.54, 1.807) is 29.2 Å². The van der Waals surface area contributed by atoms with E-state index in [9.17, 15) is 4.39 Å². The van der Waals surface area contributed by atoms with E-state index in [1.165, 1.54) is 12.4 Å². The molecule has 0 radical (unpaired) electrons. The molecular formula is C18H15FN4O2. The van der Waals surface area contributed by atoms with Crippen LogP contribution >= 0.6 is 0 Å². The van der Waals surface area contributed by atoms with Gasteiger partial charge < -0.3 is 9.57 Å². The Bertz CT molecular complexity index is 896. The lowest BCUT2D eigenvalue weighted by atomic mass is 10.0. The number of rotatable bonds is 4. The van der Waals surface area contributed by atoms with E-state index in [4.69, 9.17) is 9.57 Å². The summed E-state index contributed by atoms with van der Waals surface area (Å²) >= 11 is 0. The zero-order valence-electron chi connectivity index (χ0n) is 13.2. The van der Waals surface area contributed by atoms with Gasteiger partial charge in [-0.05, 0) is 18.2 Å². The lowest BCUT2D eigenvalue weighted by molar-refractivity contribution is 0.124. The molecule has 6 nitrogen and oxygen atoms in total. The number of ether oxygens (including phenoxy) is 1. The van der Waals surface area contributed by atoms with Crippen molar-refractivity contribution >= 4 is 5.71 Å². The van der Waals surface area contributed by atoms with E-state index in [1.807, 2.05) is 24.3 Å². The van der Waals surface area contributed by atoms with Crippen LogP contribution in [0.5, 0.6) is 5.75 Å². The number of fused-ring (bicyclic) bond motifs is 1. The first-order chi connectivity index (χ1) is 12.3. The topological polar surface area (TPSA) is 61.5 Å². The molecule has 0 spiro atoms. The second-order valence-corrected chi connectivity index (χ2v) is 5.54. The Balaban J connectivity index is 1.64. The maximum atomic E-state index is 13.7. The summed E-state index contributed by atoms with van der Waals surface area (Å²) in [6.45, 7) is 0.408. The highest BCUT2D eigenvalue weighted by Crippen LogP contribution is 2.29. The molecule has 7 heteroatoms. The molecule has 4 rings (SSSR count). The highest BCUT2D eigenvalue weighted by molar-refractivity contribution is 6.06. The minimum absolute atomic E-state index is 0.0449. The predicted molar refractivity (Wildman–Crippen MR) is 88.7 cm³/mol. The average Bonchev–Trinajstić information content (AvgIpc) is 3.18. The van der Waals surface area contributed by atoms with Crippen molar-refractivity contribution < 1.29 is 14.0 Å². The van der Waals surface area contributed by atoms with Crippen molar-refractivity contribution in [3.63, 3.8) is 0 Å². The number of benzene rings is 2. The Morgan fingerprint density at radius 1 is 1.20 bits per heavy atom. The summed E-state index contributed by atoms with van der Waals surface area (Å²) in [7, 11) is 0. The summed E-state index contributed by atoms with van der Waals surface area (Å²) in [6.07, 6.45) is 3.06. The van der Waals surface area contributed by atoms with Crippen LogP contribution in [-0.4, -0.2) is 27.1 Å². The lowest BCUT2D eigenvalue weighted by Gasteiger charge is -2.26. The van der Waals surface area contributed by atoms with E-state index >= 15 is 0 Å². The summed E-state index contributed by atoms with van der Waals surface area (Å²) in [5, 5.41) is 8.45. The second kappa shape index (κ2) is 6.72. The van der Waals surface area contributed by atoms with Crippen LogP contribution < -0.4 is 4.74 Å². The first kappa shape index (κ1) is 15.3. The van der Waals surface area contributed by atoms with Crippen molar-refractivity contribution in [3.8, 4) is 5.75 Å². The highest BCUT2D eigenvalue weighted by Gasteiger charge is 2.29. The fraction of sp³-hybridized carbons (Fsp3) is 0.167. The van der Waals surface area contributed by atoms with Gasteiger partial charge in [-0.3, -0.25) is 0 Å². The van der Waals surface area contributed by atoms with Crippen LogP contribution in [0.1, 0.15) is 17.2 Å². The van der Waals surface area contributed by atoms with E-state index in [0.29, 0.717) is 17.9 Å². The normalized spacial score (nSPS) is 17.8. The van der Waals surface area contributed by atoms with Gasteiger partial charge in [-0.15, -0.1) is 0 Å². The molecule has 25 heavy (non-hydrogen) atoms. The van der Waals surface area contributed by atoms with Gasteiger partial charge in [-0.1, -0.05) is 35.5 Å². The monoisotopic (exact) mass is 338 g/mol. The van der Waals surface area contributed by atoms with Crippen LogP contribution in [0.2, 0.25) is 0 Å². The quantitative estimate of drug-likeness (QED) is 0.686. The van der Waals surface area contributed by atoms with Crippen LogP contribution in [-0.2, 0) is 11.4 Å². The van der Waals surface area contributed by atoms with Crippen molar-refractivity contribution in [2.24, 2.45) is 5.16 Å². The van der Waals surface area contributed by atoms with Gasteiger partial charge in [-0.2, -0.15) is 5.10 Å². The van der Waals surface area contributed by atoms with Crippen LogP contribution in [0.25, 0.3) is 0 Å². The number of nitrogens with zero attached hydrogens (tertiary/aromatic N) is 4. The Labute approximate surface area is 143 Å². The van der Waals surface area contributed by atoms with Crippen molar-refractivity contribution in [3.05, 3.63) is 78.1 Å². The molecule has 1 aliphatic heterocycles. The van der Waals surface area contributed by atoms with Gasteiger partial charge in [0, 0.05) is 11.1 Å². The molecule has 0 bridgehead atoms. The number of hydrogen-bond acceptors (Lipinski definition) is 5. The molecular weight excluding hydrogens is 323 g/mol. The zero-order valence-corrected chi connectivity index (χ0v) is 13.2. The first-order valence-electron chi connectivity index (χ1n) is 7.82. The minimum atomic E-state index is -0.317. The molecule has 2 aromatic carbocycles. The Hall–Kier alpha value is -3.22. The lowest BCUT2D eigenvalue weighted by Crippen LogP contribution is -2.31. The molecule has 0 N–H and O–H groups in total. The average molecular weight is 338 g/mol. The van der Waals surface area contributed by atoms with Crippen molar-refractivity contribution in [1.82, 2.24) is 14.8 Å². The molecule has 0 saturated carbocycles. The molecule has 1 aromatic heterocycles. The number of para-hydroxylation sites is 1. The molecule has 2 heterocycles. The second-order valence-electron chi connectivity index (χ2n) is 5.54. The minimum Gasteiger partial charge on any atom is -0.490 e. The molecule has 0 saturated heterocycles. The summed E-state index contributed by atoms with van der Waals surface area (Å²) in [5.41, 5.74) is 1.94. The molecule has 1 atom stereocenters. The van der Waals surface area contributed by atoms with Gasteiger partial charge in [0.25, 0.3) is 0 Å². The van der Waals surface area contributed by atoms with E-state index < -0.39 is 0 Å². The zero-order chi connectivity index (χ0) is 17.1. The molecule has 0 amide bonds. The van der Waals surface area contributed by atoms with Gasteiger partial charge in [-0.25, -0.2) is 14.1 Å². The van der Waals surface area contributed by atoms with Gasteiger partial charge in [0.2, 0.25) is 0 Å². The molecule has 1 aliphatic rings. The van der Waals surface area contributed by atoms with Crippen LogP contribution in [0, 0.1) is 5.82 Å². The summed E-state index contributed by atoms with van der Waals surface area (Å²) in [6, 6.07) is 13.8. The molecule has 1 unspecified atom stereocenters. The van der Waals surface area contributed by atoms with Crippen molar-refractivity contribution in [2.45, 2.75) is 12.6 Å². The summed E-state index contributed by atoms with van der Waals surface area (Å²) in [4.78, 5) is 9.43. The molecule has 0 aliphatic carbocycles. The maximum absolute atomic E-state index is 13.7. The summed E-state index contributed by atoms with van der Waals surface area (Å²) < 4.78 is 21.2. The molecule has 126 valence electrons. The fourth-order valence-electron chi connectivity index (χ4n) is 2.71. The predicted octanol–water partition coefficient (Wildman–Crippen LogP) is 2.97. The van der Waals surface area contributed by atoms with E-state index in [0.717, 1.165) is 11.3 Å². The maximum Gasteiger partial charge on any atom is 0.145 e. The molecule has 0 fully saturated rings. The van der Waals surface area contributed by atoms with E-state index in [-0.39, 0.29) is 18.5 Å². The Kier molecular flexibility index (Phi) is 4.12. The molecule has 3 aromatic rings. The van der Waals surface area contributed by atoms with Gasteiger partial charge in [0.05, 0.1) is 0 Å². The third-order valence-corrected chi connectivity index (χ3v) is 3.97. The third kappa shape index (κ3) is 3.08. The number of aromatic nitrogens is 3. The number of hydrogen-bond donors (Lipinski definition) is 0. The van der Waals surface area contributed by atoms with Gasteiger partial charge in [0.15, 0.2) is 0 Å². The Morgan fingerprint density at radius 2 is 2.04 bits per heavy atom. The SMILES string of the molecule is Fc1ccccc1CO/N=C1/c2ccccc2OCC1n1cncn1. The van der Waals surface area contributed by atoms with Crippen LogP contribution in [0.15, 0.2) is 66.3 Å². The third-order valence-electron chi connectivity index (χ3n) is 3.97. The van der Waals surface area contributed by atoms with Gasteiger partial charge >= 0.3 is 0 Å².